The van der Waals surface area contributed by atoms with Gasteiger partial charge in [0.2, 0.25) is 0 Å². The molecule has 33 heavy (non-hydrogen) atoms. The monoisotopic (exact) mass is 480 g/mol. The SMILES string of the molecule is CCOc1cc(CNCCNc2ccc([N+](=O)[O-])cc2)ccc1OCC(=O)NC(C)(C)C.Cl. The van der Waals surface area contributed by atoms with Crippen molar-refractivity contribution in [1.82, 2.24) is 10.6 Å². The first-order valence-corrected chi connectivity index (χ1v) is 10.6. The summed E-state index contributed by atoms with van der Waals surface area (Å²) in [7, 11) is 0. The zero-order valence-corrected chi connectivity index (χ0v) is 20.3. The normalized spacial score (nSPS) is 10.7. The van der Waals surface area contributed by atoms with E-state index in [4.69, 9.17) is 9.47 Å². The van der Waals surface area contributed by atoms with Crippen molar-refractivity contribution >= 4 is 29.7 Å². The second-order valence-corrected chi connectivity index (χ2v) is 8.21. The maximum absolute atomic E-state index is 12.0. The number of non-ortho nitro benzene ring substituents is 1. The van der Waals surface area contributed by atoms with Crippen LogP contribution in [0.2, 0.25) is 0 Å². The summed E-state index contributed by atoms with van der Waals surface area (Å²) in [6, 6.07) is 12.0. The summed E-state index contributed by atoms with van der Waals surface area (Å²) in [6.07, 6.45) is 0. The lowest BCUT2D eigenvalue weighted by Crippen LogP contribution is -2.43. The van der Waals surface area contributed by atoms with Gasteiger partial charge in [-0.2, -0.15) is 0 Å². The third-order valence-corrected chi connectivity index (χ3v) is 4.22. The van der Waals surface area contributed by atoms with Gasteiger partial charge in [-0.3, -0.25) is 14.9 Å². The number of hydrogen-bond acceptors (Lipinski definition) is 7. The average molecular weight is 481 g/mol. The van der Waals surface area contributed by atoms with Crippen LogP contribution < -0.4 is 25.4 Å². The molecule has 9 nitrogen and oxygen atoms in total. The first-order valence-electron chi connectivity index (χ1n) is 10.6. The van der Waals surface area contributed by atoms with Crippen LogP contribution in [-0.2, 0) is 11.3 Å². The zero-order valence-electron chi connectivity index (χ0n) is 19.5. The molecule has 2 aromatic carbocycles. The quantitative estimate of drug-likeness (QED) is 0.239. The number of ether oxygens (including phenoxy) is 2. The summed E-state index contributed by atoms with van der Waals surface area (Å²) in [5, 5.41) is 20.1. The van der Waals surface area contributed by atoms with Crippen molar-refractivity contribution in [3.8, 4) is 11.5 Å². The Morgan fingerprint density at radius 2 is 1.73 bits per heavy atom. The molecule has 0 bridgehead atoms. The molecule has 2 rings (SSSR count). The molecule has 182 valence electrons. The lowest BCUT2D eigenvalue weighted by molar-refractivity contribution is -0.384. The molecule has 1 amide bonds. The molecule has 10 heteroatoms. The molecule has 2 aromatic rings. The van der Waals surface area contributed by atoms with Crippen LogP contribution in [0.5, 0.6) is 11.5 Å². The van der Waals surface area contributed by atoms with Gasteiger partial charge >= 0.3 is 0 Å². The summed E-state index contributed by atoms with van der Waals surface area (Å²) < 4.78 is 11.3. The molecule has 0 aromatic heterocycles. The molecular weight excluding hydrogens is 448 g/mol. The minimum atomic E-state index is -0.418. The van der Waals surface area contributed by atoms with Crippen LogP contribution >= 0.6 is 12.4 Å². The van der Waals surface area contributed by atoms with Crippen LogP contribution in [0.15, 0.2) is 42.5 Å². The molecule has 0 saturated carbocycles. The van der Waals surface area contributed by atoms with Crippen LogP contribution in [0.1, 0.15) is 33.3 Å². The number of carbonyl (C=O) groups is 1. The average Bonchev–Trinajstić information content (AvgIpc) is 2.72. The summed E-state index contributed by atoms with van der Waals surface area (Å²) in [5.74, 6) is 0.935. The lowest BCUT2D eigenvalue weighted by Gasteiger charge is -2.21. The number of nitrogens with zero attached hydrogens (tertiary/aromatic N) is 1. The van der Waals surface area contributed by atoms with E-state index in [0.29, 0.717) is 37.7 Å². The molecule has 0 aliphatic carbocycles. The van der Waals surface area contributed by atoms with E-state index in [1.807, 2.05) is 45.9 Å². The molecule has 0 radical (unpaired) electrons. The maximum atomic E-state index is 12.0. The van der Waals surface area contributed by atoms with Crippen molar-refractivity contribution < 1.29 is 19.2 Å². The van der Waals surface area contributed by atoms with E-state index in [-0.39, 0.29) is 36.1 Å². The Morgan fingerprint density at radius 3 is 2.33 bits per heavy atom. The van der Waals surface area contributed by atoms with Gasteiger partial charge in [0.1, 0.15) is 0 Å². The summed E-state index contributed by atoms with van der Waals surface area (Å²) in [4.78, 5) is 22.3. The number of halogens is 1. The fourth-order valence-electron chi connectivity index (χ4n) is 2.88. The summed E-state index contributed by atoms with van der Waals surface area (Å²) in [6.45, 7) is 10.0. The van der Waals surface area contributed by atoms with Crippen molar-refractivity contribution in [2.75, 3.05) is 31.6 Å². The van der Waals surface area contributed by atoms with Crippen molar-refractivity contribution in [3.05, 3.63) is 58.1 Å². The van der Waals surface area contributed by atoms with Gasteiger partial charge in [-0.25, -0.2) is 0 Å². The van der Waals surface area contributed by atoms with Gasteiger partial charge in [-0.15, -0.1) is 12.4 Å². The lowest BCUT2D eigenvalue weighted by atomic mass is 10.1. The van der Waals surface area contributed by atoms with Gasteiger partial charge in [0.15, 0.2) is 18.1 Å². The summed E-state index contributed by atoms with van der Waals surface area (Å²) in [5.41, 5.74) is 1.61. The van der Waals surface area contributed by atoms with E-state index in [9.17, 15) is 14.9 Å². The van der Waals surface area contributed by atoms with E-state index >= 15 is 0 Å². The van der Waals surface area contributed by atoms with Gasteiger partial charge in [0.25, 0.3) is 11.6 Å². The first kappa shape index (κ1) is 28.0. The Morgan fingerprint density at radius 1 is 1.03 bits per heavy atom. The Kier molecular flexibility index (Phi) is 11.4. The standard InChI is InChI=1S/C23H32N4O5.ClH/c1-5-31-21-14-17(6-11-20(21)32-16-22(28)26-23(2,3)4)15-24-12-13-25-18-7-9-19(10-8-18)27(29)30;/h6-11,14,24-25H,5,12-13,15-16H2,1-4H3,(H,26,28);1H. The number of nitro groups is 1. The van der Waals surface area contributed by atoms with E-state index < -0.39 is 4.92 Å². The third kappa shape index (κ3) is 10.4. The van der Waals surface area contributed by atoms with E-state index in [1.165, 1.54) is 12.1 Å². The van der Waals surface area contributed by atoms with E-state index in [2.05, 4.69) is 16.0 Å². The zero-order chi connectivity index (χ0) is 23.6. The number of hydrogen-bond donors (Lipinski definition) is 3. The highest BCUT2D eigenvalue weighted by molar-refractivity contribution is 5.85. The number of amides is 1. The van der Waals surface area contributed by atoms with Gasteiger partial charge in [0.05, 0.1) is 11.5 Å². The summed E-state index contributed by atoms with van der Waals surface area (Å²) >= 11 is 0. The predicted molar refractivity (Wildman–Crippen MR) is 132 cm³/mol. The molecule has 0 heterocycles. The van der Waals surface area contributed by atoms with Crippen LogP contribution in [0.3, 0.4) is 0 Å². The highest BCUT2D eigenvalue weighted by Gasteiger charge is 2.15. The molecule has 0 atom stereocenters. The van der Waals surface area contributed by atoms with Gasteiger partial charge in [-0.1, -0.05) is 6.07 Å². The second-order valence-electron chi connectivity index (χ2n) is 8.21. The van der Waals surface area contributed by atoms with Gasteiger partial charge in [0, 0.05) is 43.0 Å². The Bertz CT molecular complexity index is 901. The third-order valence-electron chi connectivity index (χ3n) is 4.22. The Balaban J connectivity index is 0.00000544. The first-order chi connectivity index (χ1) is 15.2. The van der Waals surface area contributed by atoms with Crippen LogP contribution in [0.4, 0.5) is 11.4 Å². The number of anilines is 1. The molecule has 3 N–H and O–H groups in total. The molecule has 0 aliphatic rings. The molecule has 0 unspecified atom stereocenters. The molecule has 0 spiro atoms. The van der Waals surface area contributed by atoms with Gasteiger partial charge < -0.3 is 25.4 Å². The van der Waals surface area contributed by atoms with E-state index in [0.717, 1.165) is 11.3 Å². The highest BCUT2D eigenvalue weighted by atomic mass is 35.5. The van der Waals surface area contributed by atoms with Gasteiger partial charge in [-0.05, 0) is 57.5 Å². The van der Waals surface area contributed by atoms with Crippen molar-refractivity contribution in [2.24, 2.45) is 0 Å². The predicted octanol–water partition coefficient (Wildman–Crippen LogP) is 3.91. The number of nitro benzene ring substituents is 1. The second kappa shape index (κ2) is 13.5. The van der Waals surface area contributed by atoms with Crippen LogP contribution in [0.25, 0.3) is 0 Å². The number of benzene rings is 2. The molecule has 0 aliphatic heterocycles. The largest absolute Gasteiger partial charge is 0.490 e. The minimum Gasteiger partial charge on any atom is -0.490 e. The number of carbonyl (C=O) groups excluding carboxylic acids is 1. The Hall–Kier alpha value is -3.04. The number of rotatable bonds is 12. The molecule has 0 saturated heterocycles. The highest BCUT2D eigenvalue weighted by Crippen LogP contribution is 2.28. The van der Waals surface area contributed by atoms with Crippen molar-refractivity contribution in [2.45, 2.75) is 39.8 Å². The topological polar surface area (TPSA) is 115 Å². The van der Waals surface area contributed by atoms with Crippen LogP contribution in [0, 0.1) is 10.1 Å². The maximum Gasteiger partial charge on any atom is 0.269 e. The number of nitrogens with one attached hydrogen (secondary N) is 3. The van der Waals surface area contributed by atoms with E-state index in [1.54, 1.807) is 12.1 Å². The molecule has 0 fully saturated rings. The van der Waals surface area contributed by atoms with Crippen LogP contribution in [-0.4, -0.2) is 42.7 Å². The van der Waals surface area contributed by atoms with Crippen molar-refractivity contribution in [3.63, 3.8) is 0 Å². The smallest absolute Gasteiger partial charge is 0.269 e. The minimum absolute atomic E-state index is 0. The fraction of sp³-hybridized carbons (Fsp3) is 0.435. The van der Waals surface area contributed by atoms with Crippen molar-refractivity contribution in [1.29, 1.82) is 0 Å². The Labute approximate surface area is 200 Å². The molecular formula is C23H33ClN4O5. The fourth-order valence-corrected chi connectivity index (χ4v) is 2.88.